The van der Waals surface area contributed by atoms with Crippen molar-refractivity contribution in [3.05, 3.63) is 34.9 Å². The van der Waals surface area contributed by atoms with Crippen LogP contribution in [0.2, 0.25) is 0 Å². The number of ketones is 2. The van der Waals surface area contributed by atoms with E-state index in [-0.39, 0.29) is 33.4 Å². The van der Waals surface area contributed by atoms with Crippen LogP contribution in [0.3, 0.4) is 0 Å². The third kappa shape index (κ3) is 2.78. The first-order chi connectivity index (χ1) is 16.7. The number of Topliss-reactive ketones (excluding diaryl/α,β-unsaturated/α-hetero) is 1. The molecule has 0 N–H and O–H groups in total. The predicted octanol–water partition coefficient (Wildman–Crippen LogP) is 5.98. The lowest BCUT2D eigenvalue weighted by Gasteiger charge is -2.69. The van der Waals surface area contributed by atoms with Crippen molar-refractivity contribution >= 4 is 11.6 Å². The zero-order valence-corrected chi connectivity index (χ0v) is 23.7. The van der Waals surface area contributed by atoms with Gasteiger partial charge in [0.2, 0.25) is 5.78 Å². The molecule has 0 amide bonds. The van der Waals surface area contributed by atoms with Gasteiger partial charge in [-0.2, -0.15) is 0 Å². The molecule has 0 spiro atoms. The molecule has 3 saturated carbocycles. The molecule has 0 aliphatic heterocycles. The Morgan fingerprint density at radius 3 is 2.11 bits per heavy atom. The summed E-state index contributed by atoms with van der Waals surface area (Å²) in [5.74, 6) is -0.646. The van der Waals surface area contributed by atoms with E-state index in [0.717, 1.165) is 43.3 Å². The summed E-state index contributed by atoms with van der Waals surface area (Å²) in [6.45, 7) is 13.7. The lowest BCUT2D eigenvalue weighted by Crippen LogP contribution is -2.66. The minimum absolute atomic E-state index is 0.0171. The number of rotatable bonds is 3. The van der Waals surface area contributed by atoms with Crippen molar-refractivity contribution < 1.29 is 23.8 Å². The average molecular weight is 497 g/mol. The average Bonchev–Trinajstić information content (AvgIpc) is 2.83. The van der Waals surface area contributed by atoms with Crippen molar-refractivity contribution in [2.24, 2.45) is 33.5 Å². The third-order valence-corrected chi connectivity index (χ3v) is 12.1. The second kappa shape index (κ2) is 7.74. The van der Waals surface area contributed by atoms with Gasteiger partial charge in [0, 0.05) is 39.1 Å². The number of hydrogen-bond acceptors (Lipinski definition) is 5. The number of carbonyl (C=O) groups excluding carboxylic acids is 2. The van der Waals surface area contributed by atoms with Gasteiger partial charge in [-0.25, -0.2) is 0 Å². The molecule has 0 saturated heterocycles. The Bertz CT molecular complexity index is 1110. The predicted molar refractivity (Wildman–Crippen MR) is 139 cm³/mol. The molecule has 3 fully saturated rings. The summed E-state index contributed by atoms with van der Waals surface area (Å²) in [4.78, 5) is 26.4. The van der Waals surface area contributed by atoms with E-state index in [4.69, 9.17) is 14.2 Å². The minimum Gasteiger partial charge on any atom is -0.368 e. The Balaban J connectivity index is 1.67. The number of methoxy groups -OCH3 is 3. The molecular formula is C31H44O5. The van der Waals surface area contributed by atoms with Crippen LogP contribution < -0.4 is 0 Å². The fraction of sp³-hybridized carbons (Fsp3) is 0.742. The van der Waals surface area contributed by atoms with Gasteiger partial charge in [-0.15, -0.1) is 0 Å². The van der Waals surface area contributed by atoms with Gasteiger partial charge in [-0.3, -0.25) is 9.59 Å². The molecule has 5 rings (SSSR count). The fourth-order valence-electron chi connectivity index (χ4n) is 9.52. The van der Waals surface area contributed by atoms with Crippen LogP contribution in [0.5, 0.6) is 0 Å². The van der Waals surface area contributed by atoms with E-state index >= 15 is 0 Å². The van der Waals surface area contributed by atoms with Gasteiger partial charge in [-0.05, 0) is 78.4 Å². The smallest absolute Gasteiger partial charge is 0.266 e. The molecule has 0 aromatic carbocycles. The van der Waals surface area contributed by atoms with Gasteiger partial charge < -0.3 is 14.2 Å². The van der Waals surface area contributed by atoms with E-state index in [0.29, 0.717) is 18.1 Å². The van der Waals surface area contributed by atoms with Crippen LogP contribution in [0.1, 0.15) is 80.1 Å². The van der Waals surface area contributed by atoms with Crippen LogP contribution in [0.25, 0.3) is 0 Å². The molecule has 0 heterocycles. The maximum Gasteiger partial charge on any atom is 0.266 e. The Kier molecular flexibility index (Phi) is 5.60. The summed E-state index contributed by atoms with van der Waals surface area (Å²) < 4.78 is 17.5. The molecule has 7 atom stereocenters. The molecule has 5 heteroatoms. The number of carbonyl (C=O) groups is 2. The monoisotopic (exact) mass is 496 g/mol. The summed E-state index contributed by atoms with van der Waals surface area (Å²) in [7, 11) is 4.63. The van der Waals surface area contributed by atoms with Crippen LogP contribution in [0.15, 0.2) is 34.9 Å². The van der Waals surface area contributed by atoms with Crippen LogP contribution >= 0.6 is 0 Å². The summed E-state index contributed by atoms with van der Waals surface area (Å²) in [6, 6.07) is 0. The lowest BCUT2D eigenvalue weighted by molar-refractivity contribution is -0.272. The van der Waals surface area contributed by atoms with E-state index in [2.05, 4.69) is 46.8 Å². The number of fused-ring (bicyclic) bond motifs is 7. The van der Waals surface area contributed by atoms with Crippen molar-refractivity contribution in [2.45, 2.75) is 91.5 Å². The molecule has 36 heavy (non-hydrogen) atoms. The zero-order chi connectivity index (χ0) is 26.5. The molecule has 0 aromatic rings. The van der Waals surface area contributed by atoms with E-state index in [1.165, 1.54) is 19.8 Å². The molecule has 0 radical (unpaired) electrons. The molecule has 0 unspecified atom stereocenters. The topological polar surface area (TPSA) is 61.8 Å². The summed E-state index contributed by atoms with van der Waals surface area (Å²) in [5.41, 5.74) is 2.24. The fourth-order valence-corrected chi connectivity index (χ4v) is 9.52. The van der Waals surface area contributed by atoms with Gasteiger partial charge in [0.25, 0.3) is 5.79 Å². The van der Waals surface area contributed by atoms with E-state index < -0.39 is 11.4 Å². The quantitative estimate of drug-likeness (QED) is 0.450. The largest absolute Gasteiger partial charge is 0.368 e. The molecule has 5 aliphatic rings. The van der Waals surface area contributed by atoms with E-state index in [1.54, 1.807) is 13.2 Å². The first kappa shape index (κ1) is 26.1. The van der Waals surface area contributed by atoms with Crippen LogP contribution in [0, 0.1) is 33.5 Å². The second-order valence-electron chi connectivity index (χ2n) is 13.4. The van der Waals surface area contributed by atoms with Crippen LogP contribution in [-0.4, -0.2) is 44.3 Å². The summed E-state index contributed by atoms with van der Waals surface area (Å²) in [6.07, 6.45) is 12.1. The van der Waals surface area contributed by atoms with Crippen molar-refractivity contribution in [3.8, 4) is 0 Å². The number of hydrogen-bond donors (Lipinski definition) is 0. The highest BCUT2D eigenvalue weighted by Gasteiger charge is 2.69. The highest BCUT2D eigenvalue weighted by atomic mass is 16.7. The number of ether oxygens (including phenoxy) is 3. The summed E-state index contributed by atoms with van der Waals surface area (Å²) >= 11 is 0. The first-order valence-electron chi connectivity index (χ1n) is 13.6. The van der Waals surface area contributed by atoms with Gasteiger partial charge in [-0.1, -0.05) is 52.3 Å². The molecule has 5 nitrogen and oxygen atoms in total. The van der Waals surface area contributed by atoms with Crippen molar-refractivity contribution in [1.82, 2.24) is 0 Å². The van der Waals surface area contributed by atoms with Crippen molar-refractivity contribution in [3.63, 3.8) is 0 Å². The Morgan fingerprint density at radius 2 is 1.50 bits per heavy atom. The molecular weight excluding hydrogens is 452 g/mol. The SMILES string of the molecule is COC1(OC)C(=O)C=C2C(=CC=C3[C@@]2(C)CC[C@@]2(C)[C@@H]4C[C@@H](C)C(=O)C[C@]4(C)CC[C@]32C)[C@]1(C)OC. The van der Waals surface area contributed by atoms with Gasteiger partial charge in [0.05, 0.1) is 0 Å². The molecule has 0 bridgehead atoms. The molecule has 198 valence electrons. The van der Waals surface area contributed by atoms with Crippen LogP contribution in [0.4, 0.5) is 0 Å². The minimum atomic E-state index is -1.52. The maximum atomic E-state index is 13.7. The summed E-state index contributed by atoms with van der Waals surface area (Å²) in [5, 5.41) is 0. The first-order valence-corrected chi connectivity index (χ1v) is 13.6. The van der Waals surface area contributed by atoms with Gasteiger partial charge >= 0.3 is 0 Å². The third-order valence-electron chi connectivity index (χ3n) is 12.1. The Morgan fingerprint density at radius 1 is 0.833 bits per heavy atom. The van der Waals surface area contributed by atoms with E-state index in [9.17, 15) is 9.59 Å². The Hall–Kier alpha value is -1.56. The normalized spacial score (nSPS) is 47.5. The lowest BCUT2D eigenvalue weighted by atomic mass is 9.35. The highest BCUT2D eigenvalue weighted by molar-refractivity contribution is 6.01. The van der Waals surface area contributed by atoms with Crippen molar-refractivity contribution in [1.29, 1.82) is 0 Å². The van der Waals surface area contributed by atoms with Gasteiger partial charge in [0.1, 0.15) is 5.78 Å². The second-order valence-corrected chi connectivity index (χ2v) is 13.4. The Labute approximate surface area is 216 Å². The van der Waals surface area contributed by atoms with E-state index in [1.807, 2.05) is 6.92 Å². The van der Waals surface area contributed by atoms with Crippen molar-refractivity contribution in [2.75, 3.05) is 21.3 Å². The maximum absolute atomic E-state index is 13.7. The number of allylic oxidation sites excluding steroid dienone is 3. The zero-order valence-electron chi connectivity index (χ0n) is 23.7. The highest BCUT2D eigenvalue weighted by Crippen LogP contribution is 2.75. The standard InChI is InChI=1S/C31H44O5/c1-19-16-24-26(2,18-22(19)32)12-14-28(4)23-11-10-20-21(27(23,3)13-15-29(24,28)5)17-25(33)31(35-8,36-9)30(20,6)34-7/h10-11,17,19,24H,12-16,18H2,1-9H3/t19-,24-,26+,27+,28-,29+,30+/m1/s1. The van der Waals surface area contributed by atoms with Gasteiger partial charge in [0.15, 0.2) is 5.60 Å². The van der Waals surface area contributed by atoms with Crippen LogP contribution in [-0.2, 0) is 23.8 Å². The molecule has 0 aromatic heterocycles. The molecule has 5 aliphatic carbocycles.